The van der Waals surface area contributed by atoms with Crippen molar-refractivity contribution in [2.24, 2.45) is 15.4 Å². The molecule has 2 heterocycles. The Morgan fingerprint density at radius 1 is 1.22 bits per heavy atom. The van der Waals surface area contributed by atoms with Crippen LogP contribution in [0.25, 0.3) is 10.9 Å². The Balaban J connectivity index is 1.86. The topological polar surface area (TPSA) is 123 Å². The van der Waals surface area contributed by atoms with E-state index in [4.69, 9.17) is 5.21 Å². The highest BCUT2D eigenvalue weighted by Gasteiger charge is 2.11. The Kier molecular flexibility index (Phi) is 3.79. The maximum atomic E-state index is 12.0. The molecule has 8 nitrogen and oxygen atoms in total. The number of carbonyl (C=O) groups is 1. The summed E-state index contributed by atoms with van der Waals surface area (Å²) >= 11 is 0. The largest absolute Gasteiger partial charge is 0.493 e. The lowest BCUT2D eigenvalue weighted by Gasteiger charge is -1.95. The Labute approximate surface area is 129 Å². The molecule has 0 aliphatic carbocycles. The molecule has 23 heavy (non-hydrogen) atoms. The predicted molar refractivity (Wildman–Crippen MR) is 82.4 cm³/mol. The van der Waals surface area contributed by atoms with Crippen LogP contribution in [0.15, 0.2) is 58.0 Å². The second-order valence-electron chi connectivity index (χ2n) is 4.59. The standard InChI is InChI=1S/C15H11N5O3/c21-14(9-5-6-10(8-17-23)16-7-9)20-19-13-11-3-1-2-4-12(11)18-15(13)22/h1-8,18,22-23H/b17-8+,20-19?. The van der Waals surface area contributed by atoms with Crippen molar-refractivity contribution in [2.45, 2.75) is 0 Å². The van der Waals surface area contributed by atoms with Crippen LogP contribution in [0.2, 0.25) is 0 Å². The number of aromatic hydroxyl groups is 1. The summed E-state index contributed by atoms with van der Waals surface area (Å²) in [6, 6.07) is 10.1. The smallest absolute Gasteiger partial charge is 0.296 e. The Hall–Kier alpha value is -3.55. The molecule has 0 saturated carbocycles. The summed E-state index contributed by atoms with van der Waals surface area (Å²) in [5.41, 5.74) is 1.52. The van der Waals surface area contributed by atoms with Crippen LogP contribution >= 0.6 is 0 Å². The zero-order valence-corrected chi connectivity index (χ0v) is 11.7. The molecule has 1 amide bonds. The lowest BCUT2D eigenvalue weighted by molar-refractivity contribution is 0.0994. The van der Waals surface area contributed by atoms with E-state index in [9.17, 15) is 9.90 Å². The number of fused-ring (bicyclic) bond motifs is 1. The fourth-order valence-corrected chi connectivity index (χ4v) is 2.03. The van der Waals surface area contributed by atoms with E-state index in [-0.39, 0.29) is 17.1 Å². The lowest BCUT2D eigenvalue weighted by atomic mass is 10.2. The van der Waals surface area contributed by atoms with Gasteiger partial charge in [-0.25, -0.2) is 0 Å². The van der Waals surface area contributed by atoms with Crippen molar-refractivity contribution >= 4 is 28.7 Å². The molecule has 0 spiro atoms. The third-order valence-electron chi connectivity index (χ3n) is 3.12. The fourth-order valence-electron chi connectivity index (χ4n) is 2.03. The van der Waals surface area contributed by atoms with E-state index in [0.717, 1.165) is 6.21 Å². The number of amides is 1. The van der Waals surface area contributed by atoms with Crippen molar-refractivity contribution in [2.75, 3.05) is 0 Å². The van der Waals surface area contributed by atoms with E-state index < -0.39 is 5.91 Å². The number of H-pyrrole nitrogens is 1. The second kappa shape index (κ2) is 6.06. The second-order valence-corrected chi connectivity index (χ2v) is 4.59. The minimum atomic E-state index is -0.602. The number of para-hydroxylation sites is 1. The van der Waals surface area contributed by atoms with E-state index in [1.807, 2.05) is 6.07 Å². The van der Waals surface area contributed by atoms with Crippen LogP contribution in [0.3, 0.4) is 0 Å². The number of nitrogens with zero attached hydrogens (tertiary/aromatic N) is 4. The SMILES string of the molecule is O=C(N=Nc1c(O)[nH]c2ccccc12)c1ccc(/C=N/O)nc1. The van der Waals surface area contributed by atoms with Crippen molar-refractivity contribution in [3.63, 3.8) is 0 Å². The van der Waals surface area contributed by atoms with Gasteiger partial charge >= 0.3 is 0 Å². The first-order valence-corrected chi connectivity index (χ1v) is 6.58. The van der Waals surface area contributed by atoms with Gasteiger partial charge in [-0.1, -0.05) is 23.4 Å². The monoisotopic (exact) mass is 309 g/mol. The highest BCUT2D eigenvalue weighted by atomic mass is 16.4. The van der Waals surface area contributed by atoms with Gasteiger partial charge in [0.1, 0.15) is 0 Å². The van der Waals surface area contributed by atoms with Crippen LogP contribution in [-0.4, -0.2) is 32.4 Å². The molecule has 0 radical (unpaired) electrons. The first kappa shape index (κ1) is 14.4. The average molecular weight is 309 g/mol. The molecule has 0 saturated heterocycles. The normalized spacial score (nSPS) is 11.7. The molecule has 0 bridgehead atoms. The Bertz CT molecular complexity index is 913. The summed E-state index contributed by atoms with van der Waals surface area (Å²) in [5.74, 6) is -0.759. The van der Waals surface area contributed by atoms with Gasteiger partial charge in [0.05, 0.1) is 23.0 Å². The van der Waals surface area contributed by atoms with Gasteiger partial charge in [-0.2, -0.15) is 0 Å². The summed E-state index contributed by atoms with van der Waals surface area (Å²) in [4.78, 5) is 18.6. The number of nitrogens with one attached hydrogen (secondary N) is 1. The molecule has 0 fully saturated rings. The summed E-state index contributed by atoms with van der Waals surface area (Å²) in [6.07, 6.45) is 2.44. The molecule has 0 atom stereocenters. The first-order chi connectivity index (χ1) is 11.2. The number of aromatic amines is 1. The molecule has 0 aliphatic heterocycles. The van der Waals surface area contributed by atoms with Crippen molar-refractivity contribution in [1.29, 1.82) is 0 Å². The van der Waals surface area contributed by atoms with Crippen LogP contribution < -0.4 is 0 Å². The van der Waals surface area contributed by atoms with Gasteiger partial charge in [0, 0.05) is 11.6 Å². The number of aromatic nitrogens is 2. The van der Waals surface area contributed by atoms with Gasteiger partial charge in [-0.3, -0.25) is 9.78 Å². The quantitative estimate of drug-likeness (QED) is 0.298. The van der Waals surface area contributed by atoms with Crippen LogP contribution in [-0.2, 0) is 0 Å². The number of benzene rings is 1. The summed E-state index contributed by atoms with van der Waals surface area (Å²) in [5, 5.41) is 29.2. The third kappa shape index (κ3) is 2.91. The zero-order chi connectivity index (χ0) is 16.2. The third-order valence-corrected chi connectivity index (χ3v) is 3.12. The molecular formula is C15H11N5O3. The molecule has 3 aromatic rings. The van der Waals surface area contributed by atoms with Crippen LogP contribution in [0, 0.1) is 0 Å². The fraction of sp³-hybridized carbons (Fsp3) is 0. The lowest BCUT2D eigenvalue weighted by Crippen LogP contribution is -1.96. The highest BCUT2D eigenvalue weighted by Crippen LogP contribution is 2.35. The van der Waals surface area contributed by atoms with Gasteiger partial charge in [-0.15, -0.1) is 10.2 Å². The molecule has 0 unspecified atom stereocenters. The Morgan fingerprint density at radius 2 is 2.04 bits per heavy atom. The number of rotatable bonds is 3. The van der Waals surface area contributed by atoms with Gasteiger partial charge in [0.15, 0.2) is 5.69 Å². The minimum absolute atomic E-state index is 0.157. The number of hydrogen-bond donors (Lipinski definition) is 3. The van der Waals surface area contributed by atoms with E-state index in [2.05, 4.69) is 25.4 Å². The molecule has 2 aromatic heterocycles. The molecular weight excluding hydrogens is 298 g/mol. The number of hydrogen-bond acceptors (Lipinski definition) is 6. The molecule has 114 valence electrons. The number of azo groups is 1. The van der Waals surface area contributed by atoms with Crippen LogP contribution in [0.1, 0.15) is 16.1 Å². The maximum Gasteiger partial charge on any atom is 0.296 e. The van der Waals surface area contributed by atoms with Crippen molar-refractivity contribution in [3.8, 4) is 5.88 Å². The Morgan fingerprint density at radius 3 is 2.78 bits per heavy atom. The number of oxime groups is 1. The zero-order valence-electron chi connectivity index (χ0n) is 11.7. The predicted octanol–water partition coefficient (Wildman–Crippen LogP) is 3.00. The van der Waals surface area contributed by atoms with E-state index in [1.165, 1.54) is 18.3 Å². The van der Waals surface area contributed by atoms with Crippen LogP contribution in [0.5, 0.6) is 5.88 Å². The maximum absolute atomic E-state index is 12.0. The molecule has 3 N–H and O–H groups in total. The first-order valence-electron chi connectivity index (χ1n) is 6.58. The summed E-state index contributed by atoms with van der Waals surface area (Å²) in [7, 11) is 0. The molecule has 1 aromatic carbocycles. The molecule has 8 heteroatoms. The van der Waals surface area contributed by atoms with Gasteiger partial charge in [0.2, 0.25) is 5.88 Å². The molecule has 3 rings (SSSR count). The minimum Gasteiger partial charge on any atom is -0.493 e. The number of pyridine rings is 1. The van der Waals surface area contributed by atoms with Gasteiger partial charge < -0.3 is 15.3 Å². The summed E-state index contributed by atoms with van der Waals surface area (Å²) < 4.78 is 0. The van der Waals surface area contributed by atoms with Crippen LogP contribution in [0.4, 0.5) is 5.69 Å². The van der Waals surface area contributed by atoms with Crippen molar-refractivity contribution in [1.82, 2.24) is 9.97 Å². The summed E-state index contributed by atoms with van der Waals surface area (Å²) in [6.45, 7) is 0. The van der Waals surface area contributed by atoms with E-state index >= 15 is 0 Å². The molecule has 0 aliphatic rings. The van der Waals surface area contributed by atoms with Crippen molar-refractivity contribution in [3.05, 3.63) is 53.9 Å². The number of carbonyl (C=O) groups excluding carboxylic acids is 1. The average Bonchev–Trinajstić information content (AvgIpc) is 2.89. The van der Waals surface area contributed by atoms with Gasteiger partial charge in [-0.05, 0) is 18.2 Å². The van der Waals surface area contributed by atoms with E-state index in [1.54, 1.807) is 18.2 Å². The highest BCUT2D eigenvalue weighted by molar-refractivity contribution is 5.97. The van der Waals surface area contributed by atoms with E-state index in [0.29, 0.717) is 16.6 Å². The van der Waals surface area contributed by atoms with Crippen molar-refractivity contribution < 1.29 is 15.1 Å². The van der Waals surface area contributed by atoms with Gasteiger partial charge in [0.25, 0.3) is 5.91 Å².